The molecule has 2 aliphatic heterocycles. The Morgan fingerprint density at radius 2 is 1.97 bits per heavy atom. The molecular formula is C28H34ClN5OS. The average Bonchev–Trinajstić information content (AvgIpc) is 3.12. The number of benzene rings is 1. The zero-order valence-electron chi connectivity index (χ0n) is 21.3. The molecule has 36 heavy (non-hydrogen) atoms. The van der Waals surface area contributed by atoms with E-state index in [4.69, 9.17) is 11.6 Å². The van der Waals surface area contributed by atoms with E-state index >= 15 is 0 Å². The third-order valence-electron chi connectivity index (χ3n) is 7.17. The van der Waals surface area contributed by atoms with Gasteiger partial charge in [-0.2, -0.15) is 0 Å². The number of hydrogen-bond acceptors (Lipinski definition) is 6. The third kappa shape index (κ3) is 5.74. The van der Waals surface area contributed by atoms with Crippen molar-refractivity contribution in [1.29, 1.82) is 0 Å². The number of anilines is 2. The van der Waals surface area contributed by atoms with E-state index in [0.29, 0.717) is 18.1 Å². The molecule has 1 amide bonds. The van der Waals surface area contributed by atoms with Crippen LogP contribution in [0, 0.1) is 18.8 Å². The van der Waals surface area contributed by atoms with Gasteiger partial charge in [0.05, 0.1) is 11.9 Å². The van der Waals surface area contributed by atoms with E-state index < -0.39 is 0 Å². The Labute approximate surface area is 222 Å². The molecule has 6 nitrogen and oxygen atoms in total. The van der Waals surface area contributed by atoms with Crippen molar-refractivity contribution in [2.24, 2.45) is 11.8 Å². The summed E-state index contributed by atoms with van der Waals surface area (Å²) in [5.41, 5.74) is 3.24. The SMILES string of the molecule is Cc1cc(Cl)cc(Nc2ncnc3sc4c(c23)CCN(C(=O)/C=C/CN2CC(C)CCC(C)C2)C4)c1. The fraction of sp³-hybridized carbons (Fsp3) is 0.464. The number of carbonyl (C=O) groups is 1. The van der Waals surface area contributed by atoms with Crippen LogP contribution in [0.25, 0.3) is 10.2 Å². The highest BCUT2D eigenvalue weighted by atomic mass is 35.5. The summed E-state index contributed by atoms with van der Waals surface area (Å²) in [4.78, 5) is 28.7. The summed E-state index contributed by atoms with van der Waals surface area (Å²) in [6.07, 6.45) is 8.81. The molecule has 4 heterocycles. The molecule has 0 radical (unpaired) electrons. The largest absolute Gasteiger partial charge is 0.340 e. The van der Waals surface area contributed by atoms with Gasteiger partial charge in [-0.1, -0.05) is 31.5 Å². The van der Waals surface area contributed by atoms with Crippen molar-refractivity contribution in [2.75, 3.05) is 31.5 Å². The maximum atomic E-state index is 13.0. The van der Waals surface area contributed by atoms with Crippen molar-refractivity contribution < 1.29 is 4.79 Å². The van der Waals surface area contributed by atoms with Gasteiger partial charge in [-0.25, -0.2) is 9.97 Å². The number of aromatic nitrogens is 2. The number of amides is 1. The number of halogens is 1. The molecule has 3 aromatic rings. The third-order valence-corrected chi connectivity index (χ3v) is 8.51. The standard InChI is InChI=1S/C28H34ClN5OS/c1-18-6-7-19(2)15-33(14-18)9-4-5-25(35)34-10-8-23-24(16-34)36-28-26(23)27(30-17-31-28)32-22-12-20(3)11-21(29)13-22/h4-5,11-13,17-19H,6-10,14-16H2,1-3H3,(H,30,31,32)/b5-4+. The van der Waals surface area contributed by atoms with E-state index in [9.17, 15) is 4.79 Å². The second-order valence-electron chi connectivity index (χ2n) is 10.5. The number of aryl methyl sites for hydroxylation is 1. The van der Waals surface area contributed by atoms with E-state index in [2.05, 4.69) is 40.1 Å². The Morgan fingerprint density at radius 1 is 1.19 bits per heavy atom. The molecule has 1 N–H and O–H groups in total. The first-order valence-electron chi connectivity index (χ1n) is 12.8. The van der Waals surface area contributed by atoms with Gasteiger partial charge in [0, 0.05) is 47.8 Å². The second kappa shape index (κ2) is 10.9. The number of nitrogens with one attached hydrogen (secondary N) is 1. The first-order chi connectivity index (χ1) is 17.4. The van der Waals surface area contributed by atoms with Crippen molar-refractivity contribution in [3.8, 4) is 0 Å². The summed E-state index contributed by atoms with van der Waals surface area (Å²) in [7, 11) is 0. The number of hydrogen-bond donors (Lipinski definition) is 1. The molecule has 2 aromatic heterocycles. The van der Waals surface area contributed by atoms with E-state index in [0.717, 1.165) is 65.2 Å². The van der Waals surface area contributed by atoms with Crippen molar-refractivity contribution in [1.82, 2.24) is 19.8 Å². The minimum Gasteiger partial charge on any atom is -0.340 e. The topological polar surface area (TPSA) is 61.4 Å². The number of rotatable bonds is 5. The fourth-order valence-electron chi connectivity index (χ4n) is 5.42. The first kappa shape index (κ1) is 25.2. The van der Waals surface area contributed by atoms with Crippen molar-refractivity contribution in [3.63, 3.8) is 0 Å². The van der Waals surface area contributed by atoms with Crippen molar-refractivity contribution >= 4 is 50.6 Å². The van der Waals surface area contributed by atoms with Gasteiger partial charge < -0.3 is 10.2 Å². The molecule has 2 unspecified atom stereocenters. The zero-order chi connectivity index (χ0) is 25.2. The van der Waals surface area contributed by atoms with E-state index in [1.54, 1.807) is 23.7 Å². The van der Waals surface area contributed by atoms with Crippen LogP contribution < -0.4 is 5.32 Å². The molecule has 2 aliphatic rings. The molecule has 1 fully saturated rings. The van der Waals surface area contributed by atoms with E-state index in [-0.39, 0.29) is 5.91 Å². The number of likely N-dealkylation sites (tertiary alicyclic amines) is 1. The smallest absolute Gasteiger partial charge is 0.246 e. The minimum atomic E-state index is 0.0906. The van der Waals surface area contributed by atoms with Crippen LogP contribution in [0.3, 0.4) is 0 Å². The molecule has 0 aliphatic carbocycles. The highest BCUT2D eigenvalue weighted by molar-refractivity contribution is 7.19. The van der Waals surface area contributed by atoms with E-state index in [1.165, 1.54) is 23.3 Å². The maximum Gasteiger partial charge on any atom is 0.246 e. The fourth-order valence-corrected chi connectivity index (χ4v) is 6.91. The van der Waals surface area contributed by atoms with Crippen molar-refractivity contribution in [3.05, 3.63) is 57.7 Å². The second-order valence-corrected chi connectivity index (χ2v) is 12.0. The summed E-state index contributed by atoms with van der Waals surface area (Å²) in [5.74, 6) is 2.32. The summed E-state index contributed by atoms with van der Waals surface area (Å²) >= 11 is 7.92. The van der Waals surface area contributed by atoms with Crippen LogP contribution in [0.1, 0.15) is 42.7 Å². The molecule has 0 saturated carbocycles. The Kier molecular flexibility index (Phi) is 7.60. The Balaban J connectivity index is 1.28. The molecule has 1 saturated heterocycles. The lowest BCUT2D eigenvalue weighted by Crippen LogP contribution is -2.34. The van der Waals surface area contributed by atoms with Crippen LogP contribution in [0.2, 0.25) is 5.02 Å². The molecule has 8 heteroatoms. The highest BCUT2D eigenvalue weighted by Gasteiger charge is 2.26. The number of carbonyl (C=O) groups excluding carboxylic acids is 1. The lowest BCUT2D eigenvalue weighted by molar-refractivity contribution is -0.126. The molecule has 0 bridgehead atoms. The summed E-state index contributed by atoms with van der Waals surface area (Å²) in [5, 5.41) is 5.19. The lowest BCUT2D eigenvalue weighted by atomic mass is 10.0. The number of nitrogens with zero attached hydrogens (tertiary/aromatic N) is 4. The Morgan fingerprint density at radius 3 is 2.72 bits per heavy atom. The first-order valence-corrected chi connectivity index (χ1v) is 14.0. The predicted molar refractivity (Wildman–Crippen MR) is 149 cm³/mol. The van der Waals surface area contributed by atoms with Crippen LogP contribution in [-0.4, -0.2) is 51.9 Å². The Hall–Kier alpha value is -2.48. The van der Waals surface area contributed by atoms with Gasteiger partial charge in [0.1, 0.15) is 17.0 Å². The summed E-state index contributed by atoms with van der Waals surface area (Å²) < 4.78 is 0. The predicted octanol–water partition coefficient (Wildman–Crippen LogP) is 6.21. The van der Waals surface area contributed by atoms with Gasteiger partial charge in [0.15, 0.2) is 0 Å². The van der Waals surface area contributed by atoms with Gasteiger partial charge in [-0.15, -0.1) is 11.3 Å². The Bertz CT molecular complexity index is 1260. The van der Waals surface area contributed by atoms with Gasteiger partial charge in [0.2, 0.25) is 5.91 Å². The maximum absolute atomic E-state index is 13.0. The molecule has 190 valence electrons. The van der Waals surface area contributed by atoms with Gasteiger partial charge in [0.25, 0.3) is 0 Å². The van der Waals surface area contributed by atoms with Gasteiger partial charge in [-0.05, 0) is 67.3 Å². The van der Waals surface area contributed by atoms with Gasteiger partial charge >= 0.3 is 0 Å². The minimum absolute atomic E-state index is 0.0906. The molecule has 5 rings (SSSR count). The van der Waals surface area contributed by atoms with Crippen LogP contribution in [-0.2, 0) is 17.8 Å². The molecule has 2 atom stereocenters. The average molecular weight is 524 g/mol. The quantitative estimate of drug-likeness (QED) is 0.403. The highest BCUT2D eigenvalue weighted by Crippen LogP contribution is 2.38. The van der Waals surface area contributed by atoms with E-state index in [1.807, 2.05) is 30.0 Å². The summed E-state index contributed by atoms with van der Waals surface area (Å²) in [6, 6.07) is 5.89. The van der Waals surface area contributed by atoms with Crippen LogP contribution in [0.15, 0.2) is 36.7 Å². The normalized spacial score (nSPS) is 21.1. The van der Waals surface area contributed by atoms with Crippen LogP contribution in [0.5, 0.6) is 0 Å². The number of thiophene rings is 1. The monoisotopic (exact) mass is 523 g/mol. The van der Waals surface area contributed by atoms with Crippen molar-refractivity contribution in [2.45, 2.75) is 46.6 Å². The summed E-state index contributed by atoms with van der Waals surface area (Å²) in [6.45, 7) is 11.1. The van der Waals surface area contributed by atoms with Crippen LogP contribution in [0.4, 0.5) is 11.5 Å². The molecule has 0 spiro atoms. The van der Waals surface area contributed by atoms with Gasteiger partial charge in [-0.3, -0.25) is 9.69 Å². The zero-order valence-corrected chi connectivity index (χ0v) is 22.8. The van der Waals surface area contributed by atoms with Crippen LogP contribution >= 0.6 is 22.9 Å². The lowest BCUT2D eigenvalue weighted by Gasteiger charge is -2.26. The number of fused-ring (bicyclic) bond motifs is 3. The molecule has 1 aromatic carbocycles. The molecular weight excluding hydrogens is 490 g/mol.